The van der Waals surface area contributed by atoms with Gasteiger partial charge in [0.2, 0.25) is 0 Å². The van der Waals surface area contributed by atoms with Crippen molar-refractivity contribution in [2.75, 3.05) is 6.61 Å². The number of hydrogen-bond acceptors (Lipinski definition) is 2. The summed E-state index contributed by atoms with van der Waals surface area (Å²) in [5.41, 5.74) is 0. The Balaban J connectivity index is -0.000000264. The van der Waals surface area contributed by atoms with E-state index in [1.54, 1.807) is 6.92 Å². The summed E-state index contributed by atoms with van der Waals surface area (Å²) in [6.45, 7) is 5.13. The van der Waals surface area contributed by atoms with Crippen molar-refractivity contribution in [3.8, 4) is 0 Å². The molecule has 0 saturated carbocycles. The summed E-state index contributed by atoms with van der Waals surface area (Å²) in [5, 5.41) is 0. The molecule has 3 rings (SSSR count). The van der Waals surface area contributed by atoms with Gasteiger partial charge in [0, 0.05) is 49.7 Å². The number of hydrogen-bond donors (Lipinski definition) is 0. The van der Waals surface area contributed by atoms with E-state index in [9.17, 15) is 4.79 Å². The largest absolute Gasteiger partial charge is 0.489 e. The standard InChI is InChI=1S/3C6H5.C4H7O2.B.Pr/c3*1-2-4-6-5-3-1;1-3-6-4(2)5;;/h3*1-5H;2-3H2,1H3;;/q4*-1;;. The van der Waals surface area contributed by atoms with E-state index >= 15 is 0 Å². The molecule has 3 aromatic rings. The molecule has 0 bridgehead atoms. The van der Waals surface area contributed by atoms with Crippen molar-refractivity contribution < 1.29 is 50.8 Å². The molecule has 0 unspecified atom stereocenters. The van der Waals surface area contributed by atoms with Crippen LogP contribution < -0.4 is 0 Å². The molecule has 4 heteroatoms. The van der Waals surface area contributed by atoms with E-state index in [4.69, 9.17) is 0 Å². The molecule has 2 nitrogen and oxygen atoms in total. The molecule has 26 heavy (non-hydrogen) atoms. The monoisotopic (exact) mass is 470 g/mol. The predicted molar refractivity (Wildman–Crippen MR) is 104 cm³/mol. The average Bonchev–Trinajstić information content (AvgIpc) is 2.67. The molecule has 0 aliphatic carbocycles. The van der Waals surface area contributed by atoms with Crippen LogP contribution in [-0.4, -0.2) is 21.0 Å². The van der Waals surface area contributed by atoms with Crippen LogP contribution in [-0.2, 0) is 9.53 Å². The minimum Gasteiger partial charge on any atom is -0.489 e. The number of esters is 1. The molecule has 4 radical (unpaired) electrons. The minimum atomic E-state index is -0.461. The van der Waals surface area contributed by atoms with Crippen LogP contribution in [0.15, 0.2) is 91.0 Å². The van der Waals surface area contributed by atoms with Gasteiger partial charge < -0.3 is 4.74 Å². The van der Waals surface area contributed by atoms with E-state index < -0.39 is 5.97 Å². The smallest absolute Gasteiger partial charge is 0.164 e. The van der Waals surface area contributed by atoms with Gasteiger partial charge in [0.25, 0.3) is 0 Å². The fourth-order valence-corrected chi connectivity index (χ4v) is 1.19. The van der Waals surface area contributed by atoms with E-state index in [0.717, 1.165) is 0 Å². The van der Waals surface area contributed by atoms with E-state index in [1.807, 2.05) is 91.0 Å². The SMILES string of the molecule is [B].[CH2-]C(=O)OCC.[Pr].[c-]1ccccc1.[c-]1ccccc1.[c-]1ccccc1. The Bertz CT molecular complexity index is 423. The number of ether oxygens (including phenoxy) is 1. The molecule has 0 aliphatic rings. The Labute approximate surface area is 193 Å². The molecule has 0 spiro atoms. The second-order valence-corrected chi connectivity index (χ2v) is 4.04. The van der Waals surface area contributed by atoms with Crippen LogP contribution in [0.3, 0.4) is 0 Å². The van der Waals surface area contributed by atoms with Crippen LogP contribution in [0, 0.1) is 66.4 Å². The molecule has 0 saturated heterocycles. The second-order valence-electron chi connectivity index (χ2n) is 4.04. The fourth-order valence-electron chi connectivity index (χ4n) is 1.19. The third-order valence-electron chi connectivity index (χ3n) is 2.13. The summed E-state index contributed by atoms with van der Waals surface area (Å²) in [6, 6.07) is 37.5. The zero-order valence-electron chi connectivity index (χ0n) is 15.0. The van der Waals surface area contributed by atoms with Gasteiger partial charge in [-0.1, -0.05) is 0 Å². The summed E-state index contributed by atoms with van der Waals surface area (Å²) in [7, 11) is 0. The summed E-state index contributed by atoms with van der Waals surface area (Å²) in [5.74, 6) is -0.461. The Hall–Kier alpha value is -1.57. The molecule has 0 fully saturated rings. The molecule has 0 amide bonds. The van der Waals surface area contributed by atoms with E-state index in [1.165, 1.54) is 0 Å². The Morgan fingerprint density at radius 2 is 1.00 bits per heavy atom. The third kappa shape index (κ3) is 27.3. The first-order valence-corrected chi connectivity index (χ1v) is 7.49. The summed E-state index contributed by atoms with van der Waals surface area (Å²) >= 11 is 0. The number of carbonyl (C=O) groups excluding carboxylic acids is 1. The van der Waals surface area contributed by atoms with Crippen LogP contribution in [0.4, 0.5) is 0 Å². The first-order valence-electron chi connectivity index (χ1n) is 7.49. The van der Waals surface area contributed by atoms with Gasteiger partial charge in [0.05, 0.1) is 6.61 Å². The Kier molecular flexibility index (Phi) is 28.8. The van der Waals surface area contributed by atoms with Gasteiger partial charge in [-0.2, -0.15) is 109 Å². The van der Waals surface area contributed by atoms with Crippen molar-refractivity contribution in [1.82, 2.24) is 0 Å². The van der Waals surface area contributed by atoms with Gasteiger partial charge in [0.15, 0.2) is 5.97 Å². The quantitative estimate of drug-likeness (QED) is 0.298. The van der Waals surface area contributed by atoms with Gasteiger partial charge in [0.1, 0.15) is 0 Å². The first-order chi connectivity index (χ1) is 11.8. The Morgan fingerprint density at radius 3 is 1.04 bits per heavy atom. The van der Waals surface area contributed by atoms with E-state index in [2.05, 4.69) is 29.9 Å². The normalized spacial score (nSPS) is 7.27. The second kappa shape index (κ2) is 25.7. The summed E-state index contributed by atoms with van der Waals surface area (Å²) < 4.78 is 4.29. The predicted octanol–water partition coefficient (Wildman–Crippen LogP) is 4.46. The maximum Gasteiger partial charge on any atom is 0.164 e. The number of carbonyl (C=O) groups is 1. The maximum absolute atomic E-state index is 9.71. The van der Waals surface area contributed by atoms with Gasteiger partial charge in [-0.3, -0.25) is 11.7 Å². The van der Waals surface area contributed by atoms with Crippen molar-refractivity contribution in [3.05, 3.63) is 116 Å². The van der Waals surface area contributed by atoms with Crippen molar-refractivity contribution in [3.63, 3.8) is 0 Å². The fraction of sp³-hybridized carbons (Fsp3) is 0.0909. The van der Waals surface area contributed by atoms with Gasteiger partial charge in [-0.25, -0.2) is 0 Å². The molecule has 132 valence electrons. The zero-order chi connectivity index (χ0) is 17.7. The molecule has 0 heterocycles. The van der Waals surface area contributed by atoms with Crippen LogP contribution in [0.2, 0.25) is 0 Å². The van der Waals surface area contributed by atoms with Crippen LogP contribution in [0.25, 0.3) is 0 Å². The van der Waals surface area contributed by atoms with Crippen molar-refractivity contribution >= 4 is 14.4 Å². The van der Waals surface area contributed by atoms with Crippen LogP contribution >= 0.6 is 0 Å². The summed E-state index contributed by atoms with van der Waals surface area (Å²) in [6.07, 6.45) is 0. The molecule has 0 aliphatic heterocycles. The topological polar surface area (TPSA) is 26.3 Å². The van der Waals surface area contributed by atoms with Gasteiger partial charge in [-0.05, 0) is 6.92 Å². The summed E-state index contributed by atoms with van der Waals surface area (Å²) in [4.78, 5) is 9.71. The maximum atomic E-state index is 9.71. The molecule has 0 N–H and O–H groups in total. The number of benzene rings is 3. The van der Waals surface area contributed by atoms with E-state index in [0.29, 0.717) is 6.61 Å². The molecular formula is C22H22BO2Pr-4. The minimum absolute atomic E-state index is 0. The Morgan fingerprint density at radius 1 is 0.731 bits per heavy atom. The van der Waals surface area contributed by atoms with Gasteiger partial charge >= 0.3 is 0 Å². The first kappa shape index (κ1) is 29.2. The number of rotatable bonds is 1. The van der Waals surface area contributed by atoms with Crippen molar-refractivity contribution in [2.24, 2.45) is 0 Å². The van der Waals surface area contributed by atoms with Crippen LogP contribution in [0.5, 0.6) is 0 Å². The van der Waals surface area contributed by atoms with Crippen molar-refractivity contribution in [1.29, 1.82) is 0 Å². The average molecular weight is 470 g/mol. The van der Waals surface area contributed by atoms with Crippen LogP contribution in [0.1, 0.15) is 6.92 Å². The molecule has 3 aromatic carbocycles. The third-order valence-corrected chi connectivity index (χ3v) is 2.13. The molecular weight excluding hydrogens is 448 g/mol. The molecule has 0 aromatic heterocycles. The van der Waals surface area contributed by atoms with Gasteiger partial charge in [-0.15, -0.1) is 0 Å². The van der Waals surface area contributed by atoms with Crippen molar-refractivity contribution in [2.45, 2.75) is 6.92 Å². The van der Waals surface area contributed by atoms with E-state index in [-0.39, 0.29) is 49.7 Å². The zero-order valence-corrected chi connectivity index (χ0v) is 18.8. The molecule has 0 atom stereocenters.